The predicted molar refractivity (Wildman–Crippen MR) is 90.4 cm³/mol. The number of hydrogen-bond donors (Lipinski definition) is 0. The van der Waals surface area contributed by atoms with Crippen molar-refractivity contribution in [3.05, 3.63) is 34.0 Å². The van der Waals surface area contributed by atoms with Crippen LogP contribution in [-0.2, 0) is 17.9 Å². The molecule has 25 heavy (non-hydrogen) atoms. The van der Waals surface area contributed by atoms with Gasteiger partial charge in [-0.25, -0.2) is 4.68 Å². The molecular weight excluding hydrogens is 322 g/mol. The van der Waals surface area contributed by atoms with Crippen molar-refractivity contribution in [3.8, 4) is 0 Å². The lowest BCUT2D eigenvalue weighted by molar-refractivity contribution is 0.174. The largest absolute Gasteiger partial charge is 0.377 e. The quantitative estimate of drug-likeness (QED) is 0.785. The molecule has 1 saturated carbocycles. The standard InChI is InChI=1S/C17H23N5O3/c1-24-11-15-18-17(25-20-15)21-8-6-12(7-9-21)10-22-16(23)5-4-14(19-22)13-2-3-13/h4-5,12-13H,2-3,6-11H2,1H3. The second-order valence-corrected chi connectivity index (χ2v) is 6.91. The second-order valence-electron chi connectivity index (χ2n) is 6.91. The van der Waals surface area contributed by atoms with E-state index in [0.717, 1.165) is 31.6 Å². The molecule has 2 fully saturated rings. The van der Waals surface area contributed by atoms with Gasteiger partial charge in [0.2, 0.25) is 0 Å². The molecule has 1 aliphatic carbocycles. The van der Waals surface area contributed by atoms with Crippen LogP contribution in [0.3, 0.4) is 0 Å². The van der Waals surface area contributed by atoms with Crippen LogP contribution in [0.4, 0.5) is 6.01 Å². The van der Waals surface area contributed by atoms with E-state index in [4.69, 9.17) is 9.26 Å². The molecule has 8 heteroatoms. The maximum absolute atomic E-state index is 12.1. The normalized spacial score (nSPS) is 18.7. The number of methoxy groups -OCH3 is 1. The second kappa shape index (κ2) is 6.95. The molecule has 134 valence electrons. The Morgan fingerprint density at radius 2 is 2.04 bits per heavy atom. The summed E-state index contributed by atoms with van der Waals surface area (Å²) in [6.45, 7) is 2.73. The molecule has 0 N–H and O–H groups in total. The Morgan fingerprint density at radius 1 is 1.24 bits per heavy atom. The van der Waals surface area contributed by atoms with Crippen molar-refractivity contribution in [1.82, 2.24) is 19.9 Å². The van der Waals surface area contributed by atoms with E-state index < -0.39 is 0 Å². The molecule has 0 amide bonds. The Bertz CT molecular complexity index is 775. The highest BCUT2D eigenvalue weighted by atomic mass is 16.5. The lowest BCUT2D eigenvalue weighted by Gasteiger charge is -2.30. The molecule has 1 saturated heterocycles. The predicted octanol–water partition coefficient (Wildman–Crippen LogP) is 1.57. The van der Waals surface area contributed by atoms with Gasteiger partial charge in [-0.05, 0) is 37.7 Å². The molecule has 2 aliphatic rings. The minimum atomic E-state index is -0.00654. The zero-order valence-corrected chi connectivity index (χ0v) is 14.4. The van der Waals surface area contributed by atoms with Gasteiger partial charge in [-0.15, -0.1) is 0 Å². The molecule has 0 spiro atoms. The molecule has 2 aromatic heterocycles. The zero-order valence-electron chi connectivity index (χ0n) is 14.4. The topological polar surface area (TPSA) is 86.3 Å². The van der Waals surface area contributed by atoms with Gasteiger partial charge in [0.1, 0.15) is 6.61 Å². The van der Waals surface area contributed by atoms with Crippen molar-refractivity contribution in [1.29, 1.82) is 0 Å². The number of aromatic nitrogens is 4. The van der Waals surface area contributed by atoms with Crippen molar-refractivity contribution >= 4 is 6.01 Å². The van der Waals surface area contributed by atoms with Crippen LogP contribution in [0.2, 0.25) is 0 Å². The number of rotatable bonds is 6. The summed E-state index contributed by atoms with van der Waals surface area (Å²) in [5, 5.41) is 8.47. The third kappa shape index (κ3) is 3.73. The molecule has 4 rings (SSSR count). The van der Waals surface area contributed by atoms with Crippen LogP contribution in [0, 0.1) is 5.92 Å². The molecule has 0 unspecified atom stereocenters. The fourth-order valence-corrected chi connectivity index (χ4v) is 3.30. The Kier molecular flexibility index (Phi) is 4.52. The summed E-state index contributed by atoms with van der Waals surface area (Å²) in [4.78, 5) is 18.5. The number of hydrogen-bond acceptors (Lipinski definition) is 7. The lowest BCUT2D eigenvalue weighted by atomic mass is 9.97. The summed E-state index contributed by atoms with van der Waals surface area (Å²) in [6.07, 6.45) is 4.34. The minimum Gasteiger partial charge on any atom is -0.377 e. The molecular formula is C17H23N5O3. The highest BCUT2D eigenvalue weighted by Crippen LogP contribution is 2.38. The SMILES string of the molecule is COCc1noc(N2CCC(Cn3nc(C4CC4)ccc3=O)CC2)n1. The summed E-state index contributed by atoms with van der Waals surface area (Å²) in [6, 6.07) is 4.09. The van der Waals surface area contributed by atoms with Gasteiger partial charge in [0.05, 0.1) is 5.69 Å². The molecule has 0 radical (unpaired) electrons. The van der Waals surface area contributed by atoms with E-state index in [1.165, 1.54) is 12.8 Å². The number of ether oxygens (including phenoxy) is 1. The third-order valence-corrected chi connectivity index (χ3v) is 4.93. The fourth-order valence-electron chi connectivity index (χ4n) is 3.30. The summed E-state index contributed by atoms with van der Waals surface area (Å²) in [5.41, 5.74) is 1.06. The molecule has 2 aromatic rings. The fraction of sp³-hybridized carbons (Fsp3) is 0.647. The maximum atomic E-state index is 12.1. The highest BCUT2D eigenvalue weighted by molar-refractivity contribution is 5.25. The molecule has 8 nitrogen and oxygen atoms in total. The van der Waals surface area contributed by atoms with Crippen LogP contribution < -0.4 is 10.5 Å². The van der Waals surface area contributed by atoms with Gasteiger partial charge in [0.25, 0.3) is 5.56 Å². The Hall–Kier alpha value is -2.22. The van der Waals surface area contributed by atoms with Gasteiger partial charge >= 0.3 is 6.01 Å². The van der Waals surface area contributed by atoms with E-state index in [1.807, 2.05) is 6.07 Å². The Labute approximate surface area is 145 Å². The van der Waals surface area contributed by atoms with Crippen molar-refractivity contribution in [3.63, 3.8) is 0 Å². The number of anilines is 1. The minimum absolute atomic E-state index is 0.00654. The van der Waals surface area contributed by atoms with Crippen LogP contribution in [0.25, 0.3) is 0 Å². The van der Waals surface area contributed by atoms with Crippen LogP contribution in [0.5, 0.6) is 0 Å². The zero-order chi connectivity index (χ0) is 17.2. The van der Waals surface area contributed by atoms with Gasteiger partial charge in [0.15, 0.2) is 5.82 Å². The molecule has 1 aliphatic heterocycles. The average molecular weight is 345 g/mol. The lowest BCUT2D eigenvalue weighted by Crippen LogP contribution is -2.37. The van der Waals surface area contributed by atoms with Crippen molar-refractivity contribution < 1.29 is 9.26 Å². The van der Waals surface area contributed by atoms with Gasteiger partial charge in [-0.1, -0.05) is 5.16 Å². The van der Waals surface area contributed by atoms with E-state index in [1.54, 1.807) is 17.9 Å². The Balaban J connectivity index is 1.35. The van der Waals surface area contributed by atoms with E-state index in [9.17, 15) is 4.79 Å². The summed E-state index contributed by atoms with van der Waals surface area (Å²) < 4.78 is 12.0. The molecule has 3 heterocycles. The number of piperidine rings is 1. The maximum Gasteiger partial charge on any atom is 0.324 e. The van der Waals surface area contributed by atoms with Crippen LogP contribution in [0.15, 0.2) is 21.5 Å². The molecule has 0 atom stereocenters. The first-order chi connectivity index (χ1) is 12.2. The van der Waals surface area contributed by atoms with E-state index in [2.05, 4.69) is 20.1 Å². The number of nitrogens with zero attached hydrogens (tertiary/aromatic N) is 5. The van der Waals surface area contributed by atoms with E-state index >= 15 is 0 Å². The summed E-state index contributed by atoms with van der Waals surface area (Å²) in [7, 11) is 1.61. The third-order valence-electron chi connectivity index (χ3n) is 4.93. The van der Waals surface area contributed by atoms with Crippen molar-refractivity contribution in [2.24, 2.45) is 5.92 Å². The van der Waals surface area contributed by atoms with Gasteiger partial charge in [0, 0.05) is 38.7 Å². The first-order valence-corrected chi connectivity index (χ1v) is 8.87. The van der Waals surface area contributed by atoms with E-state index in [0.29, 0.717) is 36.8 Å². The monoisotopic (exact) mass is 345 g/mol. The van der Waals surface area contributed by atoms with Gasteiger partial charge in [-0.3, -0.25) is 4.79 Å². The van der Waals surface area contributed by atoms with Crippen molar-refractivity contribution in [2.75, 3.05) is 25.1 Å². The van der Waals surface area contributed by atoms with Gasteiger partial charge in [-0.2, -0.15) is 10.1 Å². The average Bonchev–Trinajstić information content (AvgIpc) is 3.37. The first-order valence-electron chi connectivity index (χ1n) is 8.87. The first kappa shape index (κ1) is 16.3. The van der Waals surface area contributed by atoms with Crippen LogP contribution in [-0.4, -0.2) is 40.1 Å². The molecule has 0 bridgehead atoms. The smallest absolute Gasteiger partial charge is 0.324 e. The Morgan fingerprint density at radius 3 is 2.76 bits per heavy atom. The molecule has 0 aromatic carbocycles. The van der Waals surface area contributed by atoms with Crippen LogP contribution in [0.1, 0.15) is 43.1 Å². The highest BCUT2D eigenvalue weighted by Gasteiger charge is 2.27. The van der Waals surface area contributed by atoms with Crippen LogP contribution >= 0.6 is 0 Å². The van der Waals surface area contributed by atoms with E-state index in [-0.39, 0.29) is 5.56 Å². The van der Waals surface area contributed by atoms with Crippen molar-refractivity contribution in [2.45, 2.75) is 44.8 Å². The summed E-state index contributed by atoms with van der Waals surface area (Å²) >= 11 is 0. The van der Waals surface area contributed by atoms with Gasteiger partial charge < -0.3 is 14.2 Å². The summed E-state index contributed by atoms with van der Waals surface area (Å²) in [5.74, 6) is 1.57.